The summed E-state index contributed by atoms with van der Waals surface area (Å²) in [6.07, 6.45) is 2.82. The van der Waals surface area contributed by atoms with Crippen molar-refractivity contribution in [1.29, 1.82) is 0 Å². The van der Waals surface area contributed by atoms with Crippen molar-refractivity contribution in [3.05, 3.63) is 35.4 Å². The van der Waals surface area contributed by atoms with Crippen molar-refractivity contribution in [2.24, 2.45) is 5.92 Å². The first kappa shape index (κ1) is 13.9. The van der Waals surface area contributed by atoms with E-state index in [0.29, 0.717) is 0 Å². The Morgan fingerprint density at radius 3 is 2.33 bits per heavy atom. The number of nitrogens with one attached hydrogen (secondary N) is 1. The van der Waals surface area contributed by atoms with Crippen molar-refractivity contribution >= 4 is 12.4 Å². The molecule has 2 fully saturated rings. The second kappa shape index (κ2) is 6.05. The summed E-state index contributed by atoms with van der Waals surface area (Å²) >= 11 is 0. The van der Waals surface area contributed by atoms with Gasteiger partial charge < -0.3 is 5.32 Å². The molecule has 1 saturated heterocycles. The minimum atomic E-state index is 0. The fourth-order valence-electron chi connectivity index (χ4n) is 2.52. The van der Waals surface area contributed by atoms with Crippen molar-refractivity contribution < 1.29 is 0 Å². The van der Waals surface area contributed by atoms with E-state index in [1.165, 1.54) is 43.6 Å². The molecule has 1 aliphatic carbocycles. The van der Waals surface area contributed by atoms with Crippen LogP contribution in [0, 0.1) is 12.8 Å². The van der Waals surface area contributed by atoms with Gasteiger partial charge in [0.1, 0.15) is 0 Å². The van der Waals surface area contributed by atoms with Gasteiger partial charge in [0.15, 0.2) is 0 Å². The number of aryl methyl sites for hydroxylation is 1. The smallest absolute Gasteiger partial charge is 0.0236 e. The van der Waals surface area contributed by atoms with Gasteiger partial charge in [0.2, 0.25) is 0 Å². The highest BCUT2D eigenvalue weighted by molar-refractivity contribution is 5.85. The number of halogens is 1. The van der Waals surface area contributed by atoms with Gasteiger partial charge in [-0.3, -0.25) is 4.90 Å². The highest BCUT2D eigenvalue weighted by atomic mass is 35.5. The van der Waals surface area contributed by atoms with Crippen molar-refractivity contribution in [2.45, 2.75) is 32.4 Å². The van der Waals surface area contributed by atoms with Gasteiger partial charge >= 0.3 is 0 Å². The molecule has 3 heteroatoms. The topological polar surface area (TPSA) is 15.3 Å². The molecule has 0 bridgehead atoms. The fourth-order valence-corrected chi connectivity index (χ4v) is 2.52. The summed E-state index contributed by atoms with van der Waals surface area (Å²) in [5, 5.41) is 3.37. The normalized spacial score (nSPS) is 19.4. The molecule has 1 aliphatic heterocycles. The molecule has 0 unspecified atom stereocenters. The first-order chi connectivity index (χ1) is 8.31. The van der Waals surface area contributed by atoms with E-state index < -0.39 is 0 Å². The van der Waals surface area contributed by atoms with Crippen LogP contribution in [-0.2, 0) is 6.54 Å². The number of hydrogen-bond acceptors (Lipinski definition) is 2. The van der Waals surface area contributed by atoms with Gasteiger partial charge in [-0.05, 0) is 31.2 Å². The molecule has 1 N–H and O–H groups in total. The zero-order valence-corrected chi connectivity index (χ0v) is 11.9. The van der Waals surface area contributed by atoms with Gasteiger partial charge in [-0.2, -0.15) is 0 Å². The molecule has 3 rings (SSSR count). The van der Waals surface area contributed by atoms with Crippen molar-refractivity contribution in [2.75, 3.05) is 19.6 Å². The average Bonchev–Trinajstić information content (AvgIpc) is 3.08. The van der Waals surface area contributed by atoms with Gasteiger partial charge in [0.05, 0.1) is 0 Å². The Morgan fingerprint density at radius 1 is 1.17 bits per heavy atom. The van der Waals surface area contributed by atoms with Crippen LogP contribution < -0.4 is 5.32 Å². The summed E-state index contributed by atoms with van der Waals surface area (Å²) in [6, 6.07) is 9.89. The van der Waals surface area contributed by atoms with Crippen LogP contribution in [0.3, 0.4) is 0 Å². The maximum absolute atomic E-state index is 3.37. The summed E-state index contributed by atoms with van der Waals surface area (Å²) in [4.78, 5) is 2.69. The third-order valence-electron chi connectivity index (χ3n) is 3.93. The van der Waals surface area contributed by atoms with E-state index in [0.717, 1.165) is 18.5 Å². The molecule has 18 heavy (non-hydrogen) atoms. The Labute approximate surface area is 116 Å². The Balaban J connectivity index is 0.00000120. The molecule has 100 valence electrons. The molecule has 1 aromatic rings. The summed E-state index contributed by atoms with van der Waals surface area (Å²) in [5.74, 6) is 0.890. The Hall–Kier alpha value is -0.570. The molecular formula is C15H23ClN2. The molecule has 1 aromatic carbocycles. The second-order valence-corrected chi connectivity index (χ2v) is 5.67. The lowest BCUT2D eigenvalue weighted by atomic mass is 10.0. The standard InChI is InChI=1S/C15H22N2.ClH/c1-12-2-4-13(5-3-12)10-17(15-6-7-15)11-14-8-16-9-14;/h2-5,14-16H,6-11H2,1H3;1H. The zero-order chi connectivity index (χ0) is 11.7. The van der Waals surface area contributed by atoms with Crippen molar-refractivity contribution in [1.82, 2.24) is 10.2 Å². The van der Waals surface area contributed by atoms with Crippen LogP contribution in [0.1, 0.15) is 24.0 Å². The van der Waals surface area contributed by atoms with Crippen LogP contribution in [0.4, 0.5) is 0 Å². The highest BCUT2D eigenvalue weighted by Crippen LogP contribution is 2.29. The molecule has 0 aromatic heterocycles. The maximum atomic E-state index is 3.37. The van der Waals surface area contributed by atoms with Crippen LogP contribution in [-0.4, -0.2) is 30.6 Å². The van der Waals surface area contributed by atoms with E-state index in [4.69, 9.17) is 0 Å². The van der Waals surface area contributed by atoms with Crippen LogP contribution >= 0.6 is 12.4 Å². The molecule has 2 nitrogen and oxygen atoms in total. The number of rotatable bonds is 5. The van der Waals surface area contributed by atoms with Gasteiger partial charge in [-0.15, -0.1) is 12.4 Å². The van der Waals surface area contributed by atoms with E-state index >= 15 is 0 Å². The number of nitrogens with zero attached hydrogens (tertiary/aromatic N) is 1. The summed E-state index contributed by atoms with van der Waals surface area (Å²) < 4.78 is 0. The predicted octanol–water partition coefficient (Wildman–Crippen LogP) is 2.60. The molecule has 1 saturated carbocycles. The minimum absolute atomic E-state index is 0. The van der Waals surface area contributed by atoms with Gasteiger partial charge in [-0.25, -0.2) is 0 Å². The van der Waals surface area contributed by atoms with Crippen LogP contribution in [0.25, 0.3) is 0 Å². The first-order valence-electron chi connectivity index (χ1n) is 6.81. The minimum Gasteiger partial charge on any atom is -0.316 e. The molecule has 2 aliphatic rings. The lowest BCUT2D eigenvalue weighted by Gasteiger charge is -2.33. The molecule has 0 amide bonds. The third-order valence-corrected chi connectivity index (χ3v) is 3.93. The summed E-state index contributed by atoms with van der Waals surface area (Å²) in [7, 11) is 0. The third kappa shape index (κ3) is 3.47. The molecule has 0 atom stereocenters. The van der Waals surface area contributed by atoms with E-state index in [-0.39, 0.29) is 12.4 Å². The zero-order valence-electron chi connectivity index (χ0n) is 11.1. The largest absolute Gasteiger partial charge is 0.316 e. The lowest BCUT2D eigenvalue weighted by Crippen LogP contribution is -2.48. The first-order valence-corrected chi connectivity index (χ1v) is 6.81. The fraction of sp³-hybridized carbons (Fsp3) is 0.600. The van der Waals surface area contributed by atoms with E-state index in [1.54, 1.807) is 0 Å². The average molecular weight is 267 g/mol. The van der Waals surface area contributed by atoms with Gasteiger partial charge in [-0.1, -0.05) is 29.8 Å². The van der Waals surface area contributed by atoms with Crippen LogP contribution in [0.5, 0.6) is 0 Å². The van der Waals surface area contributed by atoms with E-state index in [1.807, 2.05) is 0 Å². The second-order valence-electron chi connectivity index (χ2n) is 5.67. The SMILES string of the molecule is Cc1ccc(CN(CC2CNC2)C2CC2)cc1.Cl. The monoisotopic (exact) mass is 266 g/mol. The van der Waals surface area contributed by atoms with E-state index in [2.05, 4.69) is 41.4 Å². The Morgan fingerprint density at radius 2 is 1.83 bits per heavy atom. The lowest BCUT2D eigenvalue weighted by molar-refractivity contribution is 0.178. The number of hydrogen-bond donors (Lipinski definition) is 1. The number of benzene rings is 1. The Bertz CT molecular complexity index is 369. The summed E-state index contributed by atoms with van der Waals surface area (Å²) in [6.45, 7) is 7.02. The highest BCUT2D eigenvalue weighted by Gasteiger charge is 2.31. The molecular weight excluding hydrogens is 244 g/mol. The van der Waals surface area contributed by atoms with Crippen molar-refractivity contribution in [3.63, 3.8) is 0 Å². The van der Waals surface area contributed by atoms with Crippen LogP contribution in [0.2, 0.25) is 0 Å². The summed E-state index contributed by atoms with van der Waals surface area (Å²) in [5.41, 5.74) is 2.82. The predicted molar refractivity (Wildman–Crippen MR) is 78.2 cm³/mol. The molecule has 1 heterocycles. The molecule has 0 spiro atoms. The van der Waals surface area contributed by atoms with E-state index in [9.17, 15) is 0 Å². The Kier molecular flexibility index (Phi) is 4.66. The van der Waals surface area contributed by atoms with Gasteiger partial charge in [0, 0.05) is 32.2 Å². The van der Waals surface area contributed by atoms with Crippen molar-refractivity contribution in [3.8, 4) is 0 Å². The molecule has 0 radical (unpaired) electrons. The van der Waals surface area contributed by atoms with Crippen LogP contribution in [0.15, 0.2) is 24.3 Å². The maximum Gasteiger partial charge on any atom is 0.0236 e. The van der Waals surface area contributed by atoms with Gasteiger partial charge in [0.25, 0.3) is 0 Å². The quantitative estimate of drug-likeness (QED) is 0.881.